The van der Waals surface area contributed by atoms with Crippen LogP contribution in [0.25, 0.3) is 0 Å². The van der Waals surface area contributed by atoms with E-state index in [9.17, 15) is 0 Å². The van der Waals surface area contributed by atoms with Crippen LogP contribution in [0.5, 0.6) is 0 Å². The first kappa shape index (κ1) is 12.0. The van der Waals surface area contributed by atoms with Crippen LogP contribution in [0.2, 0.25) is 0 Å². The van der Waals surface area contributed by atoms with Crippen LogP contribution >= 0.6 is 0 Å². The van der Waals surface area contributed by atoms with Crippen LogP contribution in [0.4, 0.5) is 0 Å². The van der Waals surface area contributed by atoms with Gasteiger partial charge < -0.3 is 5.32 Å². The zero-order valence-corrected chi connectivity index (χ0v) is 12.0. The fraction of sp³-hybridized carbons (Fsp3) is 0.667. The van der Waals surface area contributed by atoms with Crippen molar-refractivity contribution < 1.29 is 0 Å². The maximum absolute atomic E-state index is 3.84. The van der Waals surface area contributed by atoms with E-state index >= 15 is 0 Å². The van der Waals surface area contributed by atoms with E-state index in [0.29, 0.717) is 5.41 Å². The summed E-state index contributed by atoms with van der Waals surface area (Å²) in [4.78, 5) is 0. The molecule has 0 unspecified atom stereocenters. The van der Waals surface area contributed by atoms with Crippen LogP contribution in [-0.2, 0) is 18.3 Å². The molecule has 1 aromatic rings. The second-order valence-corrected chi connectivity index (χ2v) is 6.82. The van der Waals surface area contributed by atoms with Crippen molar-refractivity contribution in [2.45, 2.75) is 63.3 Å². The van der Waals surface area contributed by atoms with Crippen LogP contribution < -0.4 is 5.32 Å². The molecule has 2 bridgehead atoms. The van der Waals surface area contributed by atoms with Gasteiger partial charge in [0.2, 0.25) is 0 Å². The van der Waals surface area contributed by atoms with Crippen LogP contribution in [0.1, 0.15) is 55.7 Å². The Balaban J connectivity index is 1.91. The fourth-order valence-corrected chi connectivity index (χ4v) is 5.36. The Kier molecular flexibility index (Phi) is 2.73. The molecule has 1 aromatic carbocycles. The van der Waals surface area contributed by atoms with Gasteiger partial charge in [0.1, 0.15) is 0 Å². The lowest BCUT2D eigenvalue weighted by atomic mass is 9.52. The molecule has 0 amide bonds. The molecule has 1 saturated heterocycles. The zero-order valence-electron chi connectivity index (χ0n) is 12.0. The van der Waals surface area contributed by atoms with Crippen molar-refractivity contribution >= 4 is 0 Å². The maximum atomic E-state index is 3.84. The number of aryl methyl sites for hydroxylation is 1. The number of nitrogens with one attached hydrogen (secondary N) is 1. The predicted octanol–water partition coefficient (Wildman–Crippen LogP) is 3.60. The van der Waals surface area contributed by atoms with Crippen LogP contribution in [0.3, 0.4) is 0 Å². The highest BCUT2D eigenvalue weighted by Crippen LogP contribution is 2.54. The normalized spacial score (nSPS) is 36.5. The van der Waals surface area contributed by atoms with E-state index in [1.807, 2.05) is 0 Å². The first-order valence-electron chi connectivity index (χ1n) is 8.20. The van der Waals surface area contributed by atoms with Gasteiger partial charge in [-0.3, -0.25) is 0 Å². The van der Waals surface area contributed by atoms with E-state index in [2.05, 4.69) is 30.4 Å². The summed E-state index contributed by atoms with van der Waals surface area (Å²) in [5.74, 6) is 0.912. The minimum atomic E-state index is 0.535. The fourth-order valence-electron chi connectivity index (χ4n) is 5.36. The summed E-state index contributed by atoms with van der Waals surface area (Å²) in [5, 5.41) is 3.84. The third-order valence-electron chi connectivity index (χ3n) is 6.18. The molecule has 102 valence electrons. The molecule has 1 heterocycles. The Labute approximate surface area is 116 Å². The molecule has 1 N–H and O–H groups in total. The van der Waals surface area contributed by atoms with Crippen molar-refractivity contribution in [3.05, 3.63) is 34.9 Å². The standard InChI is InChI=1S/C18H25N/c1-2-13-6-5-8-15-14(13)12-17-16-7-3-4-9-18(15,16)10-11-19-17/h5-6,8,16-17,19H,2-4,7,9-12H2,1H3/t16-,17+,18-/m0/s1. The third kappa shape index (κ3) is 1.57. The van der Waals surface area contributed by atoms with Gasteiger partial charge in [0.15, 0.2) is 0 Å². The van der Waals surface area contributed by atoms with Crippen molar-refractivity contribution in [3.8, 4) is 0 Å². The summed E-state index contributed by atoms with van der Waals surface area (Å²) < 4.78 is 0. The largest absolute Gasteiger partial charge is 0.313 e. The second kappa shape index (κ2) is 4.34. The first-order chi connectivity index (χ1) is 9.35. The number of hydrogen-bond acceptors (Lipinski definition) is 1. The summed E-state index contributed by atoms with van der Waals surface area (Å²) in [6.07, 6.45) is 9.63. The average Bonchev–Trinajstić information content (AvgIpc) is 2.46. The van der Waals surface area contributed by atoms with E-state index in [1.165, 1.54) is 51.5 Å². The molecule has 1 aliphatic heterocycles. The van der Waals surface area contributed by atoms with E-state index in [-0.39, 0.29) is 0 Å². The molecular formula is C18H25N. The molecule has 1 saturated carbocycles. The van der Waals surface area contributed by atoms with Gasteiger partial charge >= 0.3 is 0 Å². The van der Waals surface area contributed by atoms with E-state index < -0.39 is 0 Å². The topological polar surface area (TPSA) is 12.0 Å². The smallest absolute Gasteiger partial charge is 0.0144 e. The third-order valence-corrected chi connectivity index (χ3v) is 6.18. The Morgan fingerprint density at radius 2 is 2.21 bits per heavy atom. The van der Waals surface area contributed by atoms with E-state index in [1.54, 1.807) is 16.7 Å². The van der Waals surface area contributed by atoms with Gasteiger partial charge in [-0.05, 0) is 61.3 Å². The SMILES string of the molecule is CCc1cccc2c1C[C@H]1NCC[C@@]23CCCC[C@@H]13. The van der Waals surface area contributed by atoms with Crippen LogP contribution in [0.15, 0.2) is 18.2 Å². The van der Waals surface area contributed by atoms with E-state index in [0.717, 1.165) is 12.0 Å². The molecule has 1 heteroatoms. The number of rotatable bonds is 1. The van der Waals surface area contributed by atoms with Crippen molar-refractivity contribution in [2.24, 2.45) is 5.92 Å². The summed E-state index contributed by atoms with van der Waals surface area (Å²) >= 11 is 0. The first-order valence-corrected chi connectivity index (χ1v) is 8.20. The van der Waals surface area contributed by atoms with Crippen LogP contribution in [0, 0.1) is 5.92 Å². The Morgan fingerprint density at radius 1 is 1.26 bits per heavy atom. The highest BCUT2D eigenvalue weighted by Gasteiger charge is 2.51. The van der Waals surface area contributed by atoms with Crippen molar-refractivity contribution in [1.29, 1.82) is 0 Å². The molecule has 19 heavy (non-hydrogen) atoms. The molecule has 3 aliphatic rings. The highest BCUT2D eigenvalue weighted by atomic mass is 15.0. The number of fused-ring (bicyclic) bond motifs is 1. The van der Waals surface area contributed by atoms with Gasteiger partial charge in [-0.15, -0.1) is 0 Å². The lowest BCUT2D eigenvalue weighted by Gasteiger charge is -2.56. The molecule has 0 radical (unpaired) electrons. The number of hydrogen-bond donors (Lipinski definition) is 1. The summed E-state index contributed by atoms with van der Waals surface area (Å²) in [7, 11) is 0. The molecule has 2 aliphatic carbocycles. The lowest BCUT2D eigenvalue weighted by molar-refractivity contribution is 0.0795. The molecular weight excluding hydrogens is 230 g/mol. The second-order valence-electron chi connectivity index (χ2n) is 6.82. The summed E-state index contributed by atoms with van der Waals surface area (Å²) in [6, 6.07) is 7.90. The Morgan fingerprint density at radius 3 is 3.11 bits per heavy atom. The van der Waals surface area contributed by atoms with Crippen molar-refractivity contribution in [1.82, 2.24) is 5.32 Å². The van der Waals surface area contributed by atoms with Gasteiger partial charge in [0, 0.05) is 11.5 Å². The van der Waals surface area contributed by atoms with Gasteiger partial charge in [0.25, 0.3) is 0 Å². The summed E-state index contributed by atoms with van der Waals surface area (Å²) in [5.41, 5.74) is 5.59. The molecule has 1 nitrogen and oxygen atoms in total. The monoisotopic (exact) mass is 255 g/mol. The van der Waals surface area contributed by atoms with Crippen LogP contribution in [-0.4, -0.2) is 12.6 Å². The molecule has 4 rings (SSSR count). The van der Waals surface area contributed by atoms with Gasteiger partial charge in [0.05, 0.1) is 0 Å². The molecule has 0 aromatic heterocycles. The molecule has 0 spiro atoms. The minimum absolute atomic E-state index is 0.535. The van der Waals surface area contributed by atoms with E-state index in [4.69, 9.17) is 0 Å². The quantitative estimate of drug-likeness (QED) is 0.808. The number of benzene rings is 1. The van der Waals surface area contributed by atoms with Gasteiger partial charge in [-0.25, -0.2) is 0 Å². The minimum Gasteiger partial charge on any atom is -0.313 e. The molecule has 2 fully saturated rings. The molecule has 3 atom stereocenters. The van der Waals surface area contributed by atoms with Gasteiger partial charge in [-0.1, -0.05) is 38.0 Å². The summed E-state index contributed by atoms with van der Waals surface area (Å²) in [6.45, 7) is 3.54. The Bertz CT molecular complexity index is 488. The maximum Gasteiger partial charge on any atom is 0.0144 e. The lowest BCUT2D eigenvalue weighted by Crippen LogP contribution is -2.59. The zero-order chi connectivity index (χ0) is 12.9. The predicted molar refractivity (Wildman–Crippen MR) is 79.6 cm³/mol. The average molecular weight is 255 g/mol. The van der Waals surface area contributed by atoms with Crippen molar-refractivity contribution in [3.63, 3.8) is 0 Å². The van der Waals surface area contributed by atoms with Crippen molar-refractivity contribution in [2.75, 3.05) is 6.54 Å². The van der Waals surface area contributed by atoms with Gasteiger partial charge in [-0.2, -0.15) is 0 Å². The number of piperidine rings is 1. The highest BCUT2D eigenvalue weighted by molar-refractivity contribution is 5.45. The Hall–Kier alpha value is -0.820.